The van der Waals surface area contributed by atoms with E-state index in [1.165, 1.54) is 6.07 Å². The molecule has 0 spiro atoms. The smallest absolute Gasteiger partial charge is 0.310 e. The molecule has 2 heterocycles. The molecule has 4 aromatic carbocycles. The molecule has 50 heavy (non-hydrogen) atoms. The van der Waals surface area contributed by atoms with E-state index in [-0.39, 0.29) is 42.8 Å². The van der Waals surface area contributed by atoms with E-state index in [1.54, 1.807) is 37.8 Å². The topological polar surface area (TPSA) is 139 Å². The number of rotatable bonds is 17. The van der Waals surface area contributed by atoms with Crippen LogP contribution in [0, 0.1) is 10.1 Å². The van der Waals surface area contributed by atoms with E-state index in [1.807, 2.05) is 59.3 Å². The average Bonchev–Trinajstić information content (AvgIpc) is 3.66. The van der Waals surface area contributed by atoms with Gasteiger partial charge in [-0.25, -0.2) is 4.98 Å². The molecule has 1 aliphatic rings. The number of ether oxygens (including phenoxy) is 5. The number of hydrogen-bond donors (Lipinski definition) is 2. The summed E-state index contributed by atoms with van der Waals surface area (Å²) in [5.41, 5.74) is 1.98. The summed E-state index contributed by atoms with van der Waals surface area (Å²) in [4.78, 5) is 14.8. The first-order valence-corrected chi connectivity index (χ1v) is 16.7. The van der Waals surface area contributed by atoms with Crippen LogP contribution in [0.1, 0.15) is 23.5 Å². The zero-order chi connectivity index (χ0) is 34.7. The molecule has 1 saturated heterocycles. The summed E-state index contributed by atoms with van der Waals surface area (Å²) in [6, 6.07) is 26.5. The van der Waals surface area contributed by atoms with Crippen LogP contribution in [-0.4, -0.2) is 77.9 Å². The number of nitrogens with one attached hydrogen (secondary N) is 1. The number of benzene rings is 4. The van der Waals surface area contributed by atoms with Crippen molar-refractivity contribution in [2.75, 3.05) is 40.0 Å². The standard InChI is InChI=1S/C38H42N4O8/c1-46-35-20-27(19-29-7-2-3-8-32(29)35)24-49-36-21-40-22-37(50-25-30(43)23-41-16-15-39-26-41)38(36)28-11-13-31(14-12-28)47-17-6-18-48-34-10-5-4-9-33(34)42(44)45/h2-5,7-16,19-20,26,30,36-38,40,43H,6,17-18,21-25H2,1H3/t30-,36?,37-,38-/m1/s1. The summed E-state index contributed by atoms with van der Waals surface area (Å²) in [6.07, 6.45) is 4.53. The molecule has 0 amide bonds. The van der Waals surface area contributed by atoms with Crippen molar-refractivity contribution in [3.8, 4) is 17.2 Å². The Labute approximate surface area is 290 Å². The number of imidazole rings is 1. The molecule has 0 aliphatic carbocycles. The Bertz CT molecular complexity index is 1820. The van der Waals surface area contributed by atoms with E-state index in [4.69, 9.17) is 23.7 Å². The number of fused-ring (bicyclic) bond motifs is 1. The molecule has 12 heteroatoms. The Hall–Kier alpha value is -5.01. The molecule has 2 N–H and O–H groups in total. The molecule has 0 radical (unpaired) electrons. The number of para-hydroxylation sites is 2. The third kappa shape index (κ3) is 8.96. The fourth-order valence-corrected chi connectivity index (χ4v) is 6.28. The Kier molecular flexibility index (Phi) is 11.9. The molecule has 0 bridgehead atoms. The average molecular weight is 683 g/mol. The number of nitro groups is 1. The van der Waals surface area contributed by atoms with Crippen molar-refractivity contribution in [3.63, 3.8) is 0 Å². The lowest BCUT2D eigenvalue weighted by atomic mass is 9.85. The molecule has 4 atom stereocenters. The van der Waals surface area contributed by atoms with Gasteiger partial charge in [0.1, 0.15) is 11.5 Å². The predicted octanol–water partition coefficient (Wildman–Crippen LogP) is 5.52. The minimum atomic E-state index is -0.705. The Balaban J connectivity index is 1.11. The van der Waals surface area contributed by atoms with Crippen molar-refractivity contribution in [1.29, 1.82) is 0 Å². The zero-order valence-electron chi connectivity index (χ0n) is 27.9. The molecule has 1 aliphatic heterocycles. The second-order valence-corrected chi connectivity index (χ2v) is 12.2. The fourth-order valence-electron chi connectivity index (χ4n) is 6.28. The van der Waals surface area contributed by atoms with Gasteiger partial charge in [-0.2, -0.15) is 0 Å². The molecule has 1 fully saturated rings. The summed E-state index contributed by atoms with van der Waals surface area (Å²) in [5, 5.41) is 27.6. The van der Waals surface area contributed by atoms with Crippen LogP contribution < -0.4 is 19.5 Å². The summed E-state index contributed by atoms with van der Waals surface area (Å²) in [6.45, 7) is 2.82. The number of aliphatic hydroxyl groups is 1. The van der Waals surface area contributed by atoms with Crippen LogP contribution >= 0.6 is 0 Å². The summed E-state index contributed by atoms with van der Waals surface area (Å²) >= 11 is 0. The van der Waals surface area contributed by atoms with E-state index in [0.717, 1.165) is 27.6 Å². The Morgan fingerprint density at radius 2 is 1.72 bits per heavy atom. The molecular formula is C38H42N4O8. The van der Waals surface area contributed by atoms with Crippen molar-refractivity contribution in [3.05, 3.63) is 125 Å². The second kappa shape index (κ2) is 17.1. The molecular weight excluding hydrogens is 640 g/mol. The molecule has 5 aromatic rings. The minimum Gasteiger partial charge on any atom is -0.496 e. The van der Waals surface area contributed by atoms with Gasteiger partial charge in [-0.15, -0.1) is 0 Å². The summed E-state index contributed by atoms with van der Waals surface area (Å²) in [7, 11) is 1.68. The van der Waals surface area contributed by atoms with Gasteiger partial charge >= 0.3 is 5.69 Å². The normalized spacial score (nSPS) is 18.1. The number of methoxy groups -OCH3 is 1. The number of piperidine rings is 1. The maximum atomic E-state index is 11.2. The highest BCUT2D eigenvalue weighted by molar-refractivity contribution is 5.89. The molecule has 0 saturated carbocycles. The van der Waals surface area contributed by atoms with Gasteiger partial charge in [0, 0.05) is 49.3 Å². The Morgan fingerprint density at radius 1 is 0.960 bits per heavy atom. The number of nitro benzene ring substituents is 1. The first-order valence-electron chi connectivity index (χ1n) is 16.7. The van der Waals surface area contributed by atoms with E-state index < -0.39 is 11.0 Å². The minimum absolute atomic E-state index is 0.0591. The van der Waals surface area contributed by atoms with Crippen molar-refractivity contribution < 1.29 is 33.7 Å². The second-order valence-electron chi connectivity index (χ2n) is 12.2. The van der Waals surface area contributed by atoms with Crippen LogP contribution in [0.3, 0.4) is 0 Å². The van der Waals surface area contributed by atoms with E-state index in [2.05, 4.69) is 22.4 Å². The fraction of sp³-hybridized carbons (Fsp3) is 0.342. The third-order valence-corrected chi connectivity index (χ3v) is 8.69. The van der Waals surface area contributed by atoms with Gasteiger partial charge in [0.05, 0.1) is 69.6 Å². The van der Waals surface area contributed by atoms with Crippen molar-refractivity contribution in [2.45, 2.75) is 43.8 Å². The van der Waals surface area contributed by atoms with Gasteiger partial charge in [0.2, 0.25) is 0 Å². The van der Waals surface area contributed by atoms with Gasteiger partial charge in [0.15, 0.2) is 5.75 Å². The van der Waals surface area contributed by atoms with Crippen LogP contribution in [0.15, 0.2) is 104 Å². The maximum absolute atomic E-state index is 11.2. The highest BCUT2D eigenvalue weighted by Crippen LogP contribution is 2.33. The molecule has 6 rings (SSSR count). The first kappa shape index (κ1) is 34.8. The first-order chi connectivity index (χ1) is 24.5. The summed E-state index contributed by atoms with van der Waals surface area (Å²) < 4.78 is 32.1. The van der Waals surface area contributed by atoms with Crippen LogP contribution in [0.4, 0.5) is 5.69 Å². The number of aromatic nitrogens is 2. The zero-order valence-corrected chi connectivity index (χ0v) is 27.9. The third-order valence-electron chi connectivity index (χ3n) is 8.69. The highest BCUT2D eigenvalue weighted by atomic mass is 16.6. The van der Waals surface area contributed by atoms with Crippen LogP contribution in [-0.2, 0) is 22.6 Å². The van der Waals surface area contributed by atoms with Crippen LogP contribution in [0.2, 0.25) is 0 Å². The number of nitrogens with zero attached hydrogens (tertiary/aromatic N) is 3. The van der Waals surface area contributed by atoms with E-state index in [0.29, 0.717) is 45.0 Å². The number of aliphatic hydroxyl groups excluding tert-OH is 1. The quantitative estimate of drug-likeness (QED) is 0.0732. The highest BCUT2D eigenvalue weighted by Gasteiger charge is 2.36. The lowest BCUT2D eigenvalue weighted by Crippen LogP contribution is -2.51. The lowest BCUT2D eigenvalue weighted by Gasteiger charge is -2.39. The van der Waals surface area contributed by atoms with Crippen molar-refractivity contribution in [1.82, 2.24) is 14.9 Å². The Morgan fingerprint density at radius 3 is 2.50 bits per heavy atom. The monoisotopic (exact) mass is 682 g/mol. The molecule has 12 nitrogen and oxygen atoms in total. The van der Waals surface area contributed by atoms with E-state index in [9.17, 15) is 15.2 Å². The van der Waals surface area contributed by atoms with Gasteiger partial charge in [-0.1, -0.05) is 48.5 Å². The van der Waals surface area contributed by atoms with E-state index >= 15 is 0 Å². The number of hydrogen-bond acceptors (Lipinski definition) is 10. The summed E-state index contributed by atoms with van der Waals surface area (Å²) in [5.74, 6) is 1.62. The SMILES string of the molecule is COc1cc(COC2CNC[C@@H](OC[C@H](O)Cn3ccnc3)[C@@H]2c2ccc(OCCCOc3ccccc3[N+](=O)[O-])cc2)cc2ccccc12. The lowest BCUT2D eigenvalue weighted by molar-refractivity contribution is -0.385. The van der Waals surface area contributed by atoms with Crippen molar-refractivity contribution in [2.24, 2.45) is 0 Å². The maximum Gasteiger partial charge on any atom is 0.310 e. The van der Waals surface area contributed by atoms with Crippen LogP contribution in [0.5, 0.6) is 17.2 Å². The van der Waals surface area contributed by atoms with Gasteiger partial charge in [-0.05, 0) is 46.8 Å². The van der Waals surface area contributed by atoms with Gasteiger partial charge < -0.3 is 38.7 Å². The van der Waals surface area contributed by atoms with Crippen LogP contribution in [0.25, 0.3) is 10.8 Å². The van der Waals surface area contributed by atoms with Gasteiger partial charge in [-0.3, -0.25) is 10.1 Å². The largest absolute Gasteiger partial charge is 0.496 e. The molecule has 1 unspecified atom stereocenters. The molecule has 262 valence electrons. The van der Waals surface area contributed by atoms with Crippen molar-refractivity contribution >= 4 is 16.5 Å². The molecule has 1 aromatic heterocycles. The predicted molar refractivity (Wildman–Crippen MR) is 188 cm³/mol. The van der Waals surface area contributed by atoms with Gasteiger partial charge in [0.25, 0.3) is 0 Å².